The van der Waals surface area contributed by atoms with E-state index >= 15 is 0 Å². The van der Waals surface area contributed by atoms with Crippen LogP contribution in [-0.2, 0) is 14.8 Å². The lowest BCUT2D eigenvalue weighted by Crippen LogP contribution is -2.14. The Kier molecular flexibility index (Phi) is 4.90. The van der Waals surface area contributed by atoms with E-state index in [1.807, 2.05) is 0 Å². The summed E-state index contributed by atoms with van der Waals surface area (Å²) in [7, 11) is -3.87. The fraction of sp³-hybridized carbons (Fsp3) is 0.235. The zero-order valence-corrected chi connectivity index (χ0v) is 15.1. The molecule has 0 saturated heterocycles. The molecule has 1 heterocycles. The Hall–Kier alpha value is -2.94. The predicted molar refractivity (Wildman–Crippen MR) is 95.3 cm³/mol. The minimum atomic E-state index is -3.87. The summed E-state index contributed by atoms with van der Waals surface area (Å²) < 4.78 is 43.7. The van der Waals surface area contributed by atoms with Crippen LogP contribution in [0.3, 0.4) is 0 Å². The van der Waals surface area contributed by atoms with E-state index in [0.717, 1.165) is 0 Å². The van der Waals surface area contributed by atoms with Crippen molar-refractivity contribution in [2.75, 3.05) is 23.4 Å². The maximum atomic E-state index is 12.7. The lowest BCUT2D eigenvalue weighted by molar-refractivity contribution is -0.114. The van der Waals surface area contributed by atoms with E-state index in [9.17, 15) is 13.2 Å². The molecule has 0 atom stereocenters. The molecular formula is C17H18N2O6S. The molecule has 0 spiro atoms. The molecule has 2 N–H and O–H groups in total. The normalized spacial score (nSPS) is 12.5. The highest BCUT2D eigenvalue weighted by molar-refractivity contribution is 7.92. The minimum absolute atomic E-state index is 0.0117. The van der Waals surface area contributed by atoms with Gasteiger partial charge in [-0.2, -0.15) is 0 Å². The monoisotopic (exact) mass is 378 g/mol. The number of carbonyl (C=O) groups is 1. The highest BCUT2D eigenvalue weighted by atomic mass is 32.2. The molecular weight excluding hydrogens is 360 g/mol. The van der Waals surface area contributed by atoms with Crippen LogP contribution in [0.2, 0.25) is 0 Å². The summed E-state index contributed by atoms with van der Waals surface area (Å²) in [5.74, 6) is 1.09. The number of amides is 1. The van der Waals surface area contributed by atoms with E-state index in [1.165, 1.54) is 25.1 Å². The van der Waals surface area contributed by atoms with E-state index in [4.69, 9.17) is 14.2 Å². The van der Waals surface area contributed by atoms with Crippen LogP contribution in [0.25, 0.3) is 0 Å². The van der Waals surface area contributed by atoms with Crippen molar-refractivity contribution in [1.29, 1.82) is 0 Å². The van der Waals surface area contributed by atoms with Gasteiger partial charge in [0.1, 0.15) is 5.75 Å². The van der Waals surface area contributed by atoms with Crippen molar-refractivity contribution >= 4 is 27.3 Å². The number of carbonyl (C=O) groups excluding carboxylic acids is 1. The van der Waals surface area contributed by atoms with Gasteiger partial charge in [0.05, 0.1) is 22.9 Å². The van der Waals surface area contributed by atoms with E-state index in [0.29, 0.717) is 29.5 Å². The lowest BCUT2D eigenvalue weighted by atomic mass is 10.3. The Morgan fingerprint density at radius 2 is 1.92 bits per heavy atom. The van der Waals surface area contributed by atoms with Crippen LogP contribution < -0.4 is 24.2 Å². The maximum absolute atomic E-state index is 12.7. The van der Waals surface area contributed by atoms with Gasteiger partial charge in [0.25, 0.3) is 10.0 Å². The van der Waals surface area contributed by atoms with E-state index in [2.05, 4.69) is 10.0 Å². The number of nitrogens with one attached hydrogen (secondary N) is 2. The van der Waals surface area contributed by atoms with Crippen molar-refractivity contribution in [2.24, 2.45) is 0 Å². The molecule has 0 radical (unpaired) electrons. The third-order valence-corrected chi connectivity index (χ3v) is 4.88. The molecule has 1 aliphatic heterocycles. The summed E-state index contributed by atoms with van der Waals surface area (Å²) in [5, 5.41) is 2.58. The molecule has 1 amide bonds. The zero-order valence-electron chi connectivity index (χ0n) is 14.2. The summed E-state index contributed by atoms with van der Waals surface area (Å²) in [6.45, 7) is 3.61. The van der Waals surface area contributed by atoms with Crippen LogP contribution in [0.15, 0.2) is 41.3 Å². The highest BCUT2D eigenvalue weighted by Gasteiger charge is 2.20. The van der Waals surface area contributed by atoms with Gasteiger partial charge in [-0.25, -0.2) is 8.42 Å². The molecule has 2 aromatic rings. The Labute approximate surface area is 151 Å². The number of anilines is 2. The summed E-state index contributed by atoms with van der Waals surface area (Å²) in [6.07, 6.45) is 0. The third-order valence-electron chi connectivity index (χ3n) is 3.50. The second-order valence-corrected chi connectivity index (χ2v) is 7.13. The average Bonchev–Trinajstić information content (AvgIpc) is 3.03. The van der Waals surface area contributed by atoms with Crippen molar-refractivity contribution in [3.05, 3.63) is 36.4 Å². The second-order valence-electron chi connectivity index (χ2n) is 5.45. The van der Waals surface area contributed by atoms with Crippen LogP contribution in [0.5, 0.6) is 17.2 Å². The van der Waals surface area contributed by atoms with E-state index in [1.54, 1.807) is 25.1 Å². The van der Waals surface area contributed by atoms with Crippen molar-refractivity contribution in [1.82, 2.24) is 0 Å². The fourth-order valence-electron chi connectivity index (χ4n) is 2.42. The van der Waals surface area contributed by atoms with Crippen LogP contribution >= 0.6 is 0 Å². The smallest absolute Gasteiger partial charge is 0.261 e. The molecule has 2 aromatic carbocycles. The number of hydrogen-bond acceptors (Lipinski definition) is 6. The van der Waals surface area contributed by atoms with Crippen LogP contribution in [0.1, 0.15) is 13.8 Å². The molecule has 138 valence electrons. The first-order valence-electron chi connectivity index (χ1n) is 7.86. The number of fused-ring (bicyclic) bond motifs is 1. The maximum Gasteiger partial charge on any atom is 0.261 e. The summed E-state index contributed by atoms with van der Waals surface area (Å²) >= 11 is 0. The van der Waals surface area contributed by atoms with Gasteiger partial charge >= 0.3 is 0 Å². The Bertz CT molecular complexity index is 942. The number of rotatable bonds is 6. The summed E-state index contributed by atoms with van der Waals surface area (Å²) in [5.41, 5.74) is 0.622. The summed E-state index contributed by atoms with van der Waals surface area (Å²) in [6, 6.07) is 9.01. The van der Waals surface area contributed by atoms with E-state index < -0.39 is 10.0 Å². The van der Waals surface area contributed by atoms with Crippen molar-refractivity contribution in [3.8, 4) is 17.2 Å². The van der Waals surface area contributed by atoms with Gasteiger partial charge in [-0.3, -0.25) is 9.52 Å². The molecule has 0 fully saturated rings. The van der Waals surface area contributed by atoms with Gasteiger partial charge in [-0.05, 0) is 37.3 Å². The largest absolute Gasteiger partial charge is 0.492 e. The molecule has 9 heteroatoms. The van der Waals surface area contributed by atoms with Crippen molar-refractivity contribution in [3.63, 3.8) is 0 Å². The fourth-order valence-corrected chi connectivity index (χ4v) is 3.49. The molecule has 0 aliphatic carbocycles. The van der Waals surface area contributed by atoms with Gasteiger partial charge in [0, 0.05) is 13.0 Å². The van der Waals surface area contributed by atoms with Gasteiger partial charge in [-0.1, -0.05) is 0 Å². The first-order valence-corrected chi connectivity index (χ1v) is 9.34. The summed E-state index contributed by atoms with van der Waals surface area (Å²) in [4.78, 5) is 11.4. The quantitative estimate of drug-likeness (QED) is 0.801. The number of sulfonamides is 1. The topological polar surface area (TPSA) is 103 Å². The zero-order chi connectivity index (χ0) is 18.7. The SMILES string of the molecule is CCOc1ccc(S(=O)(=O)Nc2ccc3c(c2)OCO3)cc1NC(C)=O. The lowest BCUT2D eigenvalue weighted by Gasteiger charge is -2.14. The second kappa shape index (κ2) is 7.12. The van der Waals surface area contributed by atoms with Crippen LogP contribution in [0, 0.1) is 0 Å². The van der Waals surface area contributed by atoms with Crippen molar-refractivity contribution < 1.29 is 27.4 Å². The molecule has 3 rings (SSSR count). The minimum Gasteiger partial charge on any atom is -0.492 e. The third kappa shape index (κ3) is 3.83. The Morgan fingerprint density at radius 1 is 1.15 bits per heavy atom. The Morgan fingerprint density at radius 3 is 2.65 bits per heavy atom. The van der Waals surface area contributed by atoms with Gasteiger partial charge in [0.15, 0.2) is 11.5 Å². The first kappa shape index (κ1) is 17.9. The molecule has 0 aromatic heterocycles. The molecule has 1 aliphatic rings. The standard InChI is InChI=1S/C17H18N2O6S/c1-3-23-15-7-5-13(9-14(15)18-11(2)20)26(21,22)19-12-4-6-16-17(8-12)25-10-24-16/h4-9,19H,3,10H2,1-2H3,(H,18,20). The van der Waals surface area contributed by atoms with Crippen LogP contribution in [0.4, 0.5) is 11.4 Å². The number of benzene rings is 2. The average molecular weight is 378 g/mol. The number of ether oxygens (including phenoxy) is 3. The van der Waals surface area contributed by atoms with E-state index in [-0.39, 0.29) is 23.3 Å². The Balaban J connectivity index is 1.89. The highest BCUT2D eigenvalue weighted by Crippen LogP contribution is 2.35. The molecule has 0 saturated carbocycles. The van der Waals surface area contributed by atoms with Gasteiger partial charge < -0.3 is 19.5 Å². The number of hydrogen-bond donors (Lipinski definition) is 2. The molecule has 8 nitrogen and oxygen atoms in total. The van der Waals surface area contributed by atoms with Crippen molar-refractivity contribution in [2.45, 2.75) is 18.7 Å². The molecule has 0 bridgehead atoms. The predicted octanol–water partition coefficient (Wildman–Crippen LogP) is 2.57. The van der Waals surface area contributed by atoms with Gasteiger partial charge in [-0.15, -0.1) is 0 Å². The van der Waals surface area contributed by atoms with Gasteiger partial charge in [0.2, 0.25) is 12.7 Å². The molecule has 26 heavy (non-hydrogen) atoms. The van der Waals surface area contributed by atoms with Crippen LogP contribution in [-0.4, -0.2) is 27.7 Å². The first-order chi connectivity index (χ1) is 12.4. The molecule has 0 unspecified atom stereocenters.